The van der Waals surface area contributed by atoms with Gasteiger partial charge in [0, 0.05) is 23.0 Å². The summed E-state index contributed by atoms with van der Waals surface area (Å²) in [5.74, 6) is -0.655. The number of nitrogens with one attached hydrogen (secondary N) is 2. The number of hydrogen-bond donors (Lipinski definition) is 3. The summed E-state index contributed by atoms with van der Waals surface area (Å²) in [5, 5.41) is 13.7. The predicted molar refractivity (Wildman–Crippen MR) is 101 cm³/mol. The van der Waals surface area contributed by atoms with Crippen LogP contribution in [0.15, 0.2) is 18.2 Å². The Balaban J connectivity index is 2.25. The second-order valence-electron chi connectivity index (χ2n) is 7.57. The molecule has 0 saturated heterocycles. The smallest absolute Gasteiger partial charge is 0.354 e. The molecule has 7 heteroatoms. The average molecular weight is 361 g/mol. The lowest BCUT2D eigenvalue weighted by Crippen LogP contribution is -2.39. The van der Waals surface area contributed by atoms with Crippen LogP contribution in [0.4, 0.5) is 0 Å². The fraction of sp³-hybridized carbons (Fsp3) is 0.474. The Bertz CT molecular complexity index is 803. The zero-order valence-electron chi connectivity index (χ0n) is 16.0. The fourth-order valence-corrected chi connectivity index (χ4v) is 2.40. The van der Waals surface area contributed by atoms with E-state index in [0.29, 0.717) is 23.0 Å². The summed E-state index contributed by atoms with van der Waals surface area (Å²) in [4.78, 5) is 29.5. The van der Waals surface area contributed by atoms with Gasteiger partial charge in [-0.3, -0.25) is 4.79 Å². The van der Waals surface area contributed by atoms with Crippen molar-refractivity contribution in [2.24, 2.45) is 0 Å². The van der Waals surface area contributed by atoms with Crippen molar-refractivity contribution in [3.63, 3.8) is 0 Å². The number of fused-ring (bicyclic) bond motifs is 1. The largest absolute Gasteiger partial charge is 0.506 e. The van der Waals surface area contributed by atoms with Gasteiger partial charge in [-0.1, -0.05) is 0 Å². The molecule has 0 spiro atoms. The number of aromatic nitrogens is 1. The Morgan fingerprint density at radius 2 is 1.96 bits per heavy atom. The monoisotopic (exact) mass is 361 g/mol. The van der Waals surface area contributed by atoms with Crippen molar-refractivity contribution in [2.75, 3.05) is 33.8 Å². The molecule has 2 rings (SSSR count). The quantitative estimate of drug-likeness (QED) is 0.517. The predicted octanol–water partition coefficient (Wildman–Crippen LogP) is 2.16. The van der Waals surface area contributed by atoms with E-state index in [1.165, 1.54) is 6.07 Å². The van der Waals surface area contributed by atoms with E-state index in [1.807, 2.05) is 39.8 Å². The Kier molecular flexibility index (Phi) is 6.05. The first-order valence-corrected chi connectivity index (χ1v) is 8.53. The minimum Gasteiger partial charge on any atom is -0.506 e. The molecular formula is C19H27N3O4. The molecule has 3 N–H and O–H groups in total. The van der Waals surface area contributed by atoms with Crippen LogP contribution >= 0.6 is 0 Å². The zero-order chi connectivity index (χ0) is 19.5. The van der Waals surface area contributed by atoms with Gasteiger partial charge in [0.25, 0.3) is 0 Å². The maximum Gasteiger partial charge on any atom is 0.354 e. The third kappa shape index (κ3) is 5.06. The fourth-order valence-electron chi connectivity index (χ4n) is 2.40. The van der Waals surface area contributed by atoms with Crippen molar-refractivity contribution in [1.82, 2.24) is 15.2 Å². The number of aromatic amines is 1. The highest BCUT2D eigenvalue weighted by atomic mass is 16.5. The van der Waals surface area contributed by atoms with Crippen molar-refractivity contribution < 1.29 is 19.4 Å². The molecule has 0 amide bonds. The number of phenolic OH excluding ortho intramolecular Hbond substituents is 1. The van der Waals surface area contributed by atoms with Gasteiger partial charge in [-0.2, -0.15) is 0 Å². The number of ether oxygens (including phenoxy) is 1. The summed E-state index contributed by atoms with van der Waals surface area (Å²) >= 11 is 0. The number of benzene rings is 1. The van der Waals surface area contributed by atoms with Crippen molar-refractivity contribution >= 4 is 22.7 Å². The Morgan fingerprint density at radius 1 is 1.27 bits per heavy atom. The number of aromatic hydroxyl groups is 1. The number of nitrogens with zero attached hydrogens (tertiary/aromatic N) is 1. The van der Waals surface area contributed by atoms with Crippen molar-refractivity contribution in [1.29, 1.82) is 0 Å². The van der Waals surface area contributed by atoms with Crippen LogP contribution < -0.4 is 5.32 Å². The number of ketones is 1. The molecule has 142 valence electrons. The Hall–Kier alpha value is -2.38. The molecule has 1 aromatic heterocycles. The molecule has 0 radical (unpaired) electrons. The van der Waals surface area contributed by atoms with E-state index in [4.69, 9.17) is 4.74 Å². The third-order valence-electron chi connectivity index (χ3n) is 3.84. The molecule has 2 aromatic rings. The minimum absolute atomic E-state index is 0.0207. The Labute approximate surface area is 153 Å². The van der Waals surface area contributed by atoms with E-state index in [-0.39, 0.29) is 35.9 Å². The molecule has 0 unspecified atom stereocenters. The normalized spacial score (nSPS) is 11.9. The van der Waals surface area contributed by atoms with Gasteiger partial charge in [-0.25, -0.2) is 4.79 Å². The lowest BCUT2D eigenvalue weighted by Gasteiger charge is -2.20. The first-order valence-electron chi connectivity index (χ1n) is 8.53. The molecule has 0 aliphatic rings. The van der Waals surface area contributed by atoms with Gasteiger partial charge in [0.05, 0.1) is 12.1 Å². The minimum atomic E-state index is -0.520. The van der Waals surface area contributed by atoms with Crippen LogP contribution in [0.3, 0.4) is 0 Å². The molecule has 0 saturated carbocycles. The average Bonchev–Trinajstić information content (AvgIpc) is 2.98. The Morgan fingerprint density at radius 3 is 2.58 bits per heavy atom. The number of esters is 1. The number of Topliss-reactive ketones (excluding diaryl/α,β-unsaturated/α-hetero) is 1. The van der Waals surface area contributed by atoms with Gasteiger partial charge in [-0.15, -0.1) is 0 Å². The van der Waals surface area contributed by atoms with Crippen LogP contribution in [0, 0.1) is 0 Å². The van der Waals surface area contributed by atoms with Gasteiger partial charge >= 0.3 is 5.97 Å². The maximum absolute atomic E-state index is 12.6. The highest BCUT2D eigenvalue weighted by Crippen LogP contribution is 2.28. The molecule has 1 heterocycles. The summed E-state index contributed by atoms with van der Waals surface area (Å²) in [6, 6.07) is 4.57. The van der Waals surface area contributed by atoms with Crippen LogP contribution in [-0.4, -0.2) is 66.1 Å². The molecule has 0 aliphatic carbocycles. The molecule has 26 heavy (non-hydrogen) atoms. The SMILES string of the molecule is CN(C)CCOC(=O)c1cc2c(C(=O)CNC(C)(C)C)ccc(O)c2[nH]1. The van der Waals surface area contributed by atoms with Gasteiger partial charge in [0.1, 0.15) is 18.1 Å². The number of hydrogen-bond acceptors (Lipinski definition) is 6. The first kappa shape index (κ1) is 19.9. The summed E-state index contributed by atoms with van der Waals surface area (Å²) < 4.78 is 5.21. The standard InChI is InChI=1S/C19H27N3O4/c1-19(2,3)20-11-16(24)12-6-7-15(23)17-13(12)10-14(21-17)18(25)26-9-8-22(4)5/h6-7,10,20-21,23H,8-9,11H2,1-5H3. The highest BCUT2D eigenvalue weighted by molar-refractivity contribution is 6.11. The topological polar surface area (TPSA) is 94.7 Å². The second-order valence-corrected chi connectivity index (χ2v) is 7.57. The van der Waals surface area contributed by atoms with Crippen molar-refractivity contribution in [2.45, 2.75) is 26.3 Å². The van der Waals surface area contributed by atoms with Gasteiger partial charge < -0.3 is 25.0 Å². The van der Waals surface area contributed by atoms with Crippen LogP contribution in [0.1, 0.15) is 41.6 Å². The molecule has 7 nitrogen and oxygen atoms in total. The molecule has 0 atom stereocenters. The summed E-state index contributed by atoms with van der Waals surface area (Å²) in [6.07, 6.45) is 0. The van der Waals surface area contributed by atoms with E-state index < -0.39 is 5.97 Å². The van der Waals surface area contributed by atoms with Crippen LogP contribution in [0.5, 0.6) is 5.75 Å². The first-order chi connectivity index (χ1) is 12.1. The lowest BCUT2D eigenvalue weighted by atomic mass is 10.0. The number of likely N-dealkylation sites (N-methyl/N-ethyl adjacent to an activating group) is 1. The van der Waals surface area contributed by atoms with Crippen LogP contribution in [-0.2, 0) is 4.74 Å². The molecule has 1 aromatic carbocycles. The maximum atomic E-state index is 12.6. The summed E-state index contributed by atoms with van der Waals surface area (Å²) in [6.45, 7) is 6.96. The van der Waals surface area contributed by atoms with E-state index >= 15 is 0 Å². The molecular weight excluding hydrogens is 334 g/mol. The number of rotatable bonds is 7. The van der Waals surface area contributed by atoms with Crippen LogP contribution in [0.25, 0.3) is 10.9 Å². The van der Waals surface area contributed by atoms with Gasteiger partial charge in [-0.05, 0) is 53.1 Å². The molecule has 0 aliphatic heterocycles. The van der Waals surface area contributed by atoms with Gasteiger partial charge in [0.2, 0.25) is 0 Å². The number of carbonyl (C=O) groups excluding carboxylic acids is 2. The number of phenols is 1. The van der Waals surface area contributed by atoms with E-state index in [1.54, 1.807) is 12.1 Å². The van der Waals surface area contributed by atoms with Crippen molar-refractivity contribution in [3.05, 3.63) is 29.5 Å². The molecule has 0 fully saturated rings. The summed E-state index contributed by atoms with van der Waals surface area (Å²) in [5.41, 5.74) is 0.813. The van der Waals surface area contributed by atoms with E-state index in [9.17, 15) is 14.7 Å². The third-order valence-corrected chi connectivity index (χ3v) is 3.84. The number of carbonyl (C=O) groups is 2. The van der Waals surface area contributed by atoms with Crippen LogP contribution in [0.2, 0.25) is 0 Å². The van der Waals surface area contributed by atoms with E-state index in [2.05, 4.69) is 10.3 Å². The van der Waals surface area contributed by atoms with E-state index in [0.717, 1.165) is 0 Å². The van der Waals surface area contributed by atoms with Crippen molar-refractivity contribution in [3.8, 4) is 5.75 Å². The highest BCUT2D eigenvalue weighted by Gasteiger charge is 2.19. The number of H-pyrrole nitrogens is 1. The molecule has 0 bridgehead atoms. The summed E-state index contributed by atoms with van der Waals surface area (Å²) in [7, 11) is 3.77. The van der Waals surface area contributed by atoms with Gasteiger partial charge in [0.15, 0.2) is 5.78 Å². The zero-order valence-corrected chi connectivity index (χ0v) is 16.0. The lowest BCUT2D eigenvalue weighted by molar-refractivity contribution is 0.0476. The second kappa shape index (κ2) is 7.88.